The Morgan fingerprint density at radius 2 is 2.12 bits per heavy atom. The number of benzene rings is 1. The number of fused-ring (bicyclic) bond motifs is 1. The van der Waals surface area contributed by atoms with E-state index in [9.17, 15) is 4.79 Å². The summed E-state index contributed by atoms with van der Waals surface area (Å²) in [5.41, 5.74) is 14.2. The van der Waals surface area contributed by atoms with Crippen molar-refractivity contribution in [3.8, 4) is 0 Å². The average Bonchev–Trinajstić information content (AvgIpc) is 2.99. The first-order valence-electron chi connectivity index (χ1n) is 9.14. The van der Waals surface area contributed by atoms with Gasteiger partial charge in [-0.3, -0.25) is 4.79 Å². The molecule has 1 aromatic heterocycles. The number of nitrogens with one attached hydrogen (secondary N) is 2. The van der Waals surface area contributed by atoms with Crippen LogP contribution in [0.15, 0.2) is 30.5 Å². The second-order valence-corrected chi connectivity index (χ2v) is 7.48. The lowest BCUT2D eigenvalue weighted by molar-refractivity contribution is -0.126. The molecule has 0 saturated heterocycles. The lowest BCUT2D eigenvalue weighted by atomic mass is 9.88. The van der Waals surface area contributed by atoms with Gasteiger partial charge in [0.25, 0.3) is 5.91 Å². The largest absolute Gasteiger partial charge is 0.348 e. The molecule has 1 aliphatic carbocycles. The SMILES string of the molecule is CCCC(N)(N)C(=O)NCc1c[nH]c(=S)n1C1CCc2ccccc2C1. The van der Waals surface area contributed by atoms with E-state index in [1.54, 1.807) is 0 Å². The zero-order valence-corrected chi connectivity index (χ0v) is 15.9. The van der Waals surface area contributed by atoms with Gasteiger partial charge in [0.15, 0.2) is 4.77 Å². The Morgan fingerprint density at radius 1 is 1.38 bits per heavy atom. The molecule has 1 atom stereocenters. The molecule has 7 heteroatoms. The van der Waals surface area contributed by atoms with Crippen molar-refractivity contribution in [2.75, 3.05) is 0 Å². The quantitative estimate of drug-likeness (QED) is 0.461. The van der Waals surface area contributed by atoms with E-state index in [2.05, 4.69) is 39.1 Å². The molecule has 6 nitrogen and oxygen atoms in total. The standard InChI is InChI=1S/C19H27N5OS/c1-2-9-19(20,21)17(25)22-11-16-12-23-18(26)24(16)15-8-7-13-5-3-4-6-14(13)10-15/h3-6,12,15H,2,7-11,20-21H2,1H3,(H,22,25)(H,23,26). The minimum Gasteiger partial charge on any atom is -0.348 e. The number of aromatic amines is 1. The van der Waals surface area contributed by atoms with E-state index in [1.807, 2.05) is 13.1 Å². The van der Waals surface area contributed by atoms with Crippen LogP contribution < -0.4 is 16.8 Å². The lowest BCUT2D eigenvalue weighted by Crippen LogP contribution is -2.60. The van der Waals surface area contributed by atoms with E-state index >= 15 is 0 Å². The number of imidazole rings is 1. The predicted octanol–water partition coefficient (Wildman–Crippen LogP) is 2.31. The zero-order chi connectivity index (χ0) is 18.7. The van der Waals surface area contributed by atoms with Gasteiger partial charge >= 0.3 is 0 Å². The van der Waals surface area contributed by atoms with Crippen LogP contribution in [0.1, 0.15) is 49.0 Å². The smallest absolute Gasteiger partial charge is 0.255 e. The highest BCUT2D eigenvalue weighted by atomic mass is 32.1. The van der Waals surface area contributed by atoms with Crippen molar-refractivity contribution in [3.05, 3.63) is 52.1 Å². The second kappa shape index (κ2) is 7.73. The Morgan fingerprint density at radius 3 is 2.85 bits per heavy atom. The Labute approximate surface area is 159 Å². The first-order chi connectivity index (χ1) is 12.4. The molecule has 1 heterocycles. The first kappa shape index (κ1) is 18.8. The summed E-state index contributed by atoms with van der Waals surface area (Å²) in [5.74, 6) is -0.341. The van der Waals surface area contributed by atoms with Gasteiger partial charge in [-0.15, -0.1) is 0 Å². The van der Waals surface area contributed by atoms with Crippen LogP contribution in [0.5, 0.6) is 0 Å². The Kier molecular flexibility index (Phi) is 5.60. The van der Waals surface area contributed by atoms with Gasteiger partial charge < -0.3 is 26.3 Å². The Hall–Kier alpha value is -1.96. The Balaban J connectivity index is 1.74. The third kappa shape index (κ3) is 3.90. The van der Waals surface area contributed by atoms with Crippen molar-refractivity contribution in [2.24, 2.45) is 11.5 Å². The number of aryl methyl sites for hydroxylation is 1. The number of carbonyl (C=O) groups excluding carboxylic acids is 1. The van der Waals surface area contributed by atoms with E-state index in [1.165, 1.54) is 11.1 Å². The molecule has 0 fully saturated rings. The fourth-order valence-electron chi connectivity index (χ4n) is 3.71. The second-order valence-electron chi connectivity index (χ2n) is 7.09. The van der Waals surface area contributed by atoms with Gasteiger partial charge in [0.2, 0.25) is 0 Å². The molecule has 2 aromatic rings. The third-order valence-electron chi connectivity index (χ3n) is 5.09. The fourth-order valence-corrected chi connectivity index (χ4v) is 4.04. The van der Waals surface area contributed by atoms with Gasteiger partial charge in [-0.2, -0.15) is 0 Å². The molecule has 0 bridgehead atoms. The molecular weight excluding hydrogens is 346 g/mol. The first-order valence-corrected chi connectivity index (χ1v) is 9.55. The molecule has 0 spiro atoms. The Bertz CT molecular complexity index is 838. The molecule has 26 heavy (non-hydrogen) atoms. The van der Waals surface area contributed by atoms with Gasteiger partial charge in [-0.1, -0.05) is 37.6 Å². The van der Waals surface area contributed by atoms with Crippen molar-refractivity contribution in [2.45, 2.75) is 57.3 Å². The number of rotatable bonds is 6. The van der Waals surface area contributed by atoms with Crippen LogP contribution in [0.3, 0.4) is 0 Å². The highest BCUT2D eigenvalue weighted by Crippen LogP contribution is 2.30. The monoisotopic (exact) mass is 373 g/mol. The van der Waals surface area contributed by atoms with E-state index in [-0.39, 0.29) is 11.9 Å². The molecule has 1 aliphatic rings. The number of nitrogens with two attached hydrogens (primary N) is 2. The third-order valence-corrected chi connectivity index (χ3v) is 5.41. The van der Waals surface area contributed by atoms with Crippen molar-refractivity contribution in [1.82, 2.24) is 14.9 Å². The maximum absolute atomic E-state index is 12.3. The number of hydrogen-bond acceptors (Lipinski definition) is 4. The number of amides is 1. The highest BCUT2D eigenvalue weighted by Gasteiger charge is 2.28. The summed E-state index contributed by atoms with van der Waals surface area (Å²) < 4.78 is 2.80. The van der Waals surface area contributed by atoms with Gasteiger partial charge in [0.05, 0.1) is 12.2 Å². The van der Waals surface area contributed by atoms with E-state index < -0.39 is 5.66 Å². The van der Waals surface area contributed by atoms with Crippen LogP contribution in [0, 0.1) is 4.77 Å². The van der Waals surface area contributed by atoms with Crippen LogP contribution in [0.25, 0.3) is 0 Å². The van der Waals surface area contributed by atoms with Crippen molar-refractivity contribution in [1.29, 1.82) is 0 Å². The molecule has 3 rings (SSSR count). The van der Waals surface area contributed by atoms with Crippen LogP contribution in [-0.2, 0) is 24.2 Å². The number of aromatic nitrogens is 2. The summed E-state index contributed by atoms with van der Waals surface area (Å²) in [4.78, 5) is 15.4. The van der Waals surface area contributed by atoms with E-state index in [4.69, 9.17) is 23.7 Å². The molecule has 140 valence electrons. The minimum absolute atomic E-state index is 0.284. The summed E-state index contributed by atoms with van der Waals surface area (Å²) in [5, 5.41) is 2.86. The lowest BCUT2D eigenvalue weighted by Gasteiger charge is -2.28. The molecule has 1 aromatic carbocycles. The number of H-pyrrole nitrogens is 1. The molecule has 1 amide bonds. The van der Waals surface area contributed by atoms with Crippen LogP contribution in [0.4, 0.5) is 0 Å². The molecule has 0 saturated carbocycles. The predicted molar refractivity (Wildman–Crippen MR) is 105 cm³/mol. The topological polar surface area (TPSA) is 102 Å². The molecule has 1 unspecified atom stereocenters. The fraction of sp³-hybridized carbons (Fsp3) is 0.474. The summed E-state index contributed by atoms with van der Waals surface area (Å²) in [6, 6.07) is 8.82. The summed E-state index contributed by atoms with van der Waals surface area (Å²) in [7, 11) is 0. The molecule has 0 radical (unpaired) electrons. The molecular formula is C19H27N5OS. The molecule has 0 aliphatic heterocycles. The highest BCUT2D eigenvalue weighted by molar-refractivity contribution is 7.71. The van der Waals surface area contributed by atoms with Crippen molar-refractivity contribution < 1.29 is 4.79 Å². The van der Waals surface area contributed by atoms with Gasteiger partial charge in [0.1, 0.15) is 5.66 Å². The van der Waals surface area contributed by atoms with Gasteiger partial charge in [0, 0.05) is 12.2 Å². The van der Waals surface area contributed by atoms with E-state index in [0.29, 0.717) is 17.7 Å². The average molecular weight is 374 g/mol. The molecule has 6 N–H and O–H groups in total. The number of hydrogen-bond donors (Lipinski definition) is 4. The minimum atomic E-state index is -1.34. The van der Waals surface area contributed by atoms with E-state index in [0.717, 1.165) is 31.4 Å². The maximum atomic E-state index is 12.3. The van der Waals surface area contributed by atoms with Crippen molar-refractivity contribution in [3.63, 3.8) is 0 Å². The van der Waals surface area contributed by atoms with Crippen LogP contribution in [-0.4, -0.2) is 21.1 Å². The van der Waals surface area contributed by atoms with Crippen LogP contribution in [0.2, 0.25) is 0 Å². The summed E-state index contributed by atoms with van der Waals surface area (Å²) >= 11 is 5.49. The summed E-state index contributed by atoms with van der Waals surface area (Å²) in [6.45, 7) is 2.30. The normalized spacial score (nSPS) is 17.0. The number of carbonyl (C=O) groups is 1. The maximum Gasteiger partial charge on any atom is 0.255 e. The van der Waals surface area contributed by atoms with Crippen LogP contribution >= 0.6 is 12.2 Å². The van der Waals surface area contributed by atoms with Gasteiger partial charge in [-0.25, -0.2) is 0 Å². The van der Waals surface area contributed by atoms with Crippen molar-refractivity contribution >= 4 is 18.1 Å². The van der Waals surface area contributed by atoms with Gasteiger partial charge in [-0.05, 0) is 49.0 Å². The number of nitrogens with zero attached hydrogens (tertiary/aromatic N) is 1. The zero-order valence-electron chi connectivity index (χ0n) is 15.1. The summed E-state index contributed by atoms with van der Waals surface area (Å²) in [6.07, 6.45) is 6.05.